The van der Waals surface area contributed by atoms with Gasteiger partial charge in [-0.25, -0.2) is 0 Å². The summed E-state index contributed by atoms with van der Waals surface area (Å²) in [4.78, 5) is 2.48. The van der Waals surface area contributed by atoms with Gasteiger partial charge in [-0.3, -0.25) is 0 Å². The lowest BCUT2D eigenvalue weighted by molar-refractivity contribution is 0.647. The Morgan fingerprint density at radius 1 is 0.549 bits per heavy atom. The molecule has 1 aliphatic heterocycles. The third-order valence-corrected chi connectivity index (χ3v) is 10.6. The van der Waals surface area contributed by atoms with Crippen LogP contribution in [0.4, 0.5) is 5.69 Å². The zero-order chi connectivity index (χ0) is 33.7. The monoisotopic (exact) mass is 650 g/mol. The van der Waals surface area contributed by atoms with E-state index >= 15 is 0 Å². The van der Waals surface area contributed by atoms with Crippen molar-refractivity contribution in [3.8, 4) is 33.4 Å². The molecule has 2 aliphatic rings. The van der Waals surface area contributed by atoms with Crippen LogP contribution in [0.3, 0.4) is 0 Å². The highest BCUT2D eigenvalue weighted by molar-refractivity contribution is 6.22. The molecule has 0 spiro atoms. The largest absolute Gasteiger partial charge is 0.360 e. The number of hydrogen-bond acceptors (Lipinski definition) is 2. The molecule has 240 valence electrons. The standard InChI is InChI=1S/C49H34N2/c1-3-14-35(15-4-1)47-41-19-9-10-20-42(41)48(39-28-25-33-13-7-8-16-37(33)31-39)44-32-38(29-30-43(44)47)34-23-26-36(27-24-34)49-50-45-21-11-12-22-46(45)51(49)40-17-5-2-6-18-40/h2-3,5-11,13-21,23-32,49-50H,12,22H2. The van der Waals surface area contributed by atoms with Crippen LogP contribution in [0.1, 0.15) is 24.6 Å². The number of hydrogen-bond donors (Lipinski definition) is 1. The number of para-hydroxylation sites is 1. The summed E-state index contributed by atoms with van der Waals surface area (Å²) < 4.78 is 0. The van der Waals surface area contributed by atoms with Gasteiger partial charge in [0.05, 0.1) is 5.70 Å². The molecule has 0 amide bonds. The number of fused-ring (bicyclic) bond motifs is 3. The van der Waals surface area contributed by atoms with Crippen molar-refractivity contribution < 1.29 is 0 Å². The van der Waals surface area contributed by atoms with Crippen LogP contribution in [0.2, 0.25) is 0 Å². The van der Waals surface area contributed by atoms with Gasteiger partial charge in [-0.15, -0.1) is 0 Å². The summed E-state index contributed by atoms with van der Waals surface area (Å²) in [5.41, 5.74) is 12.3. The van der Waals surface area contributed by atoms with Crippen molar-refractivity contribution in [2.45, 2.75) is 19.0 Å². The maximum Gasteiger partial charge on any atom is 0.130 e. The highest BCUT2D eigenvalue weighted by atomic mass is 15.3. The maximum atomic E-state index is 3.83. The van der Waals surface area contributed by atoms with Crippen molar-refractivity contribution in [2.75, 3.05) is 4.90 Å². The summed E-state index contributed by atoms with van der Waals surface area (Å²) in [7, 11) is 0. The maximum absolute atomic E-state index is 3.83. The van der Waals surface area contributed by atoms with Gasteiger partial charge >= 0.3 is 0 Å². The van der Waals surface area contributed by atoms with E-state index in [1.165, 1.54) is 82.8 Å². The Balaban J connectivity index is 1.13. The Labute approximate surface area is 298 Å². The second-order valence-electron chi connectivity index (χ2n) is 13.5. The Bertz CT molecular complexity index is 2650. The quantitative estimate of drug-likeness (QED) is 0.187. The van der Waals surface area contributed by atoms with E-state index in [9.17, 15) is 0 Å². The number of nitrogens with zero attached hydrogens (tertiary/aromatic N) is 1. The van der Waals surface area contributed by atoms with Gasteiger partial charge in [0.1, 0.15) is 6.17 Å². The Hall–Kier alpha value is -6.56. The van der Waals surface area contributed by atoms with Crippen LogP contribution in [0, 0.1) is 12.1 Å². The van der Waals surface area contributed by atoms with Crippen LogP contribution in [0.15, 0.2) is 181 Å². The average molecular weight is 651 g/mol. The second-order valence-corrected chi connectivity index (χ2v) is 13.5. The molecule has 0 fully saturated rings. The van der Waals surface area contributed by atoms with Gasteiger partial charge in [-0.2, -0.15) is 0 Å². The van der Waals surface area contributed by atoms with E-state index in [1.54, 1.807) is 0 Å². The number of allylic oxidation sites excluding steroid dienone is 3. The molecule has 1 unspecified atom stereocenters. The molecule has 8 aromatic rings. The molecule has 0 saturated heterocycles. The Kier molecular flexibility index (Phi) is 6.96. The van der Waals surface area contributed by atoms with E-state index in [1.807, 2.05) is 6.07 Å². The molecule has 0 aromatic heterocycles. The van der Waals surface area contributed by atoms with E-state index in [2.05, 4.69) is 186 Å². The molecule has 51 heavy (non-hydrogen) atoms. The van der Waals surface area contributed by atoms with Crippen LogP contribution >= 0.6 is 0 Å². The third kappa shape index (κ3) is 4.98. The van der Waals surface area contributed by atoms with Crippen molar-refractivity contribution in [1.82, 2.24) is 5.32 Å². The zero-order valence-electron chi connectivity index (χ0n) is 28.1. The van der Waals surface area contributed by atoms with E-state index in [0.717, 1.165) is 18.4 Å². The predicted octanol–water partition coefficient (Wildman–Crippen LogP) is 12.4. The van der Waals surface area contributed by atoms with E-state index in [4.69, 9.17) is 0 Å². The zero-order valence-corrected chi connectivity index (χ0v) is 28.1. The number of nitrogens with one attached hydrogen (secondary N) is 1. The van der Waals surface area contributed by atoms with E-state index < -0.39 is 0 Å². The molecule has 8 aromatic carbocycles. The average Bonchev–Trinajstić information content (AvgIpc) is 3.60. The van der Waals surface area contributed by atoms with Crippen molar-refractivity contribution in [3.63, 3.8) is 0 Å². The molecule has 1 atom stereocenters. The fraction of sp³-hybridized carbons (Fsp3) is 0.0612. The molecule has 1 heterocycles. The van der Waals surface area contributed by atoms with Crippen LogP contribution in [-0.4, -0.2) is 0 Å². The summed E-state index contributed by atoms with van der Waals surface area (Å²) >= 11 is 0. The molecule has 0 saturated carbocycles. The predicted molar refractivity (Wildman–Crippen MR) is 213 cm³/mol. The van der Waals surface area contributed by atoms with Crippen molar-refractivity contribution in [1.29, 1.82) is 0 Å². The van der Waals surface area contributed by atoms with Gasteiger partial charge in [0.15, 0.2) is 0 Å². The van der Waals surface area contributed by atoms with Gasteiger partial charge < -0.3 is 10.2 Å². The fourth-order valence-corrected chi connectivity index (χ4v) is 8.21. The van der Waals surface area contributed by atoms with Gasteiger partial charge in [0, 0.05) is 11.4 Å². The Morgan fingerprint density at radius 3 is 2.06 bits per heavy atom. The lowest BCUT2D eigenvalue weighted by atomic mass is 9.84. The summed E-state index contributed by atoms with van der Waals surface area (Å²) in [5, 5.41) is 11.3. The summed E-state index contributed by atoms with van der Waals surface area (Å²) in [6, 6.07) is 63.8. The lowest BCUT2D eigenvalue weighted by Gasteiger charge is -2.30. The van der Waals surface area contributed by atoms with Gasteiger partial charge in [0.25, 0.3) is 0 Å². The van der Waals surface area contributed by atoms with Crippen molar-refractivity contribution >= 4 is 38.0 Å². The first kappa shape index (κ1) is 29.4. The van der Waals surface area contributed by atoms with Crippen molar-refractivity contribution in [2.24, 2.45) is 0 Å². The first-order valence-electron chi connectivity index (χ1n) is 17.8. The second kappa shape index (κ2) is 12.1. The summed E-state index contributed by atoms with van der Waals surface area (Å²) in [5.74, 6) is 0. The summed E-state index contributed by atoms with van der Waals surface area (Å²) in [6.45, 7) is 0. The van der Waals surface area contributed by atoms with Crippen molar-refractivity contribution in [3.05, 3.63) is 199 Å². The Morgan fingerprint density at radius 2 is 1.25 bits per heavy atom. The molecule has 0 bridgehead atoms. The van der Waals surface area contributed by atoms with Crippen LogP contribution in [0.25, 0.3) is 65.7 Å². The smallest absolute Gasteiger partial charge is 0.130 e. The van der Waals surface area contributed by atoms with Gasteiger partial charge in [-0.1, -0.05) is 133 Å². The topological polar surface area (TPSA) is 15.3 Å². The third-order valence-electron chi connectivity index (χ3n) is 10.6. The highest BCUT2D eigenvalue weighted by Gasteiger charge is 2.33. The molecule has 1 aliphatic carbocycles. The molecule has 2 nitrogen and oxygen atoms in total. The number of anilines is 1. The highest BCUT2D eigenvalue weighted by Crippen LogP contribution is 2.45. The molecule has 0 radical (unpaired) electrons. The minimum atomic E-state index is 0.0409. The van der Waals surface area contributed by atoms with E-state index in [0.29, 0.717) is 0 Å². The molecular formula is C49H34N2. The molecule has 1 N–H and O–H groups in total. The molecule has 10 rings (SSSR count). The minimum absolute atomic E-state index is 0.0409. The first-order valence-corrected chi connectivity index (χ1v) is 17.8. The van der Waals surface area contributed by atoms with Gasteiger partial charge in [-0.05, 0) is 133 Å². The fourth-order valence-electron chi connectivity index (χ4n) is 8.21. The number of benzene rings is 7. The van der Waals surface area contributed by atoms with Crippen LogP contribution in [0.5, 0.6) is 0 Å². The molecular weight excluding hydrogens is 617 g/mol. The summed E-state index contributed by atoms with van der Waals surface area (Å²) in [6.07, 6.45) is 6.66. The lowest BCUT2D eigenvalue weighted by Crippen LogP contribution is -2.29. The molecule has 2 heteroatoms. The van der Waals surface area contributed by atoms with Crippen LogP contribution in [-0.2, 0) is 0 Å². The van der Waals surface area contributed by atoms with Crippen LogP contribution < -0.4 is 10.2 Å². The van der Waals surface area contributed by atoms with E-state index in [-0.39, 0.29) is 6.17 Å². The SMILES string of the molecule is c1ccc(-c2c3ccccc3c(-c3ccc4ccccc4c3)c3cc(-c4ccc(C5NC6=C(CCC=C6)N5c5ccccc5)cc4)ccc23)cc#1. The first-order chi connectivity index (χ1) is 25.3. The normalized spacial score (nSPS) is 15.3. The van der Waals surface area contributed by atoms with Gasteiger partial charge in [0.2, 0.25) is 0 Å². The number of rotatable bonds is 5. The minimum Gasteiger partial charge on any atom is -0.360 e.